The Bertz CT molecular complexity index is 1850. The number of carbonyl (C=O) groups excluding carboxylic acids is 3. The second-order valence-corrected chi connectivity index (χ2v) is 27.6. The van der Waals surface area contributed by atoms with Crippen molar-refractivity contribution in [1.82, 2.24) is 0 Å². The van der Waals surface area contributed by atoms with E-state index in [2.05, 4.69) is 111 Å². The summed E-state index contributed by atoms with van der Waals surface area (Å²) in [6.45, 7) is 4.67. The molecule has 0 aromatic rings. The number of rotatable bonds is 73. The first kappa shape index (κ1) is 89.2. The van der Waals surface area contributed by atoms with Crippen LogP contribution >= 0.6 is 0 Å². The zero-order valence-corrected chi connectivity index (χ0v) is 61.6. The van der Waals surface area contributed by atoms with Gasteiger partial charge in [-0.2, -0.15) is 0 Å². The lowest BCUT2D eigenvalue weighted by atomic mass is 10.0. The molecular weight excluding hydrogens is 1150 g/mol. The number of nitrogens with zero attached hydrogens (tertiary/aromatic N) is 1. The topological polar surface area (TPSA) is 111 Å². The molecule has 2 unspecified atom stereocenters. The van der Waals surface area contributed by atoms with E-state index in [0.717, 1.165) is 77.0 Å². The van der Waals surface area contributed by atoms with Gasteiger partial charge in [-0.25, -0.2) is 0 Å². The fourth-order valence-corrected chi connectivity index (χ4v) is 11.3. The summed E-state index contributed by atoms with van der Waals surface area (Å²) in [4.78, 5) is 37.6. The quantitative estimate of drug-likeness (QED) is 0.0195. The van der Waals surface area contributed by atoms with Crippen LogP contribution in [0.25, 0.3) is 0 Å². The largest absolute Gasteiger partial charge is 0.545 e. The molecule has 0 amide bonds. The van der Waals surface area contributed by atoms with Crippen molar-refractivity contribution in [3.63, 3.8) is 0 Å². The van der Waals surface area contributed by atoms with Gasteiger partial charge in [0.2, 0.25) is 0 Å². The molecule has 0 bridgehead atoms. The van der Waals surface area contributed by atoms with Crippen LogP contribution in [0.3, 0.4) is 0 Å². The predicted octanol–water partition coefficient (Wildman–Crippen LogP) is 23.8. The number of likely N-dealkylation sites (N-methyl/N-ethyl adjacent to an activating group) is 1. The predicted molar refractivity (Wildman–Crippen MR) is 398 cm³/mol. The zero-order valence-electron chi connectivity index (χ0n) is 61.6. The zero-order chi connectivity index (χ0) is 67.5. The summed E-state index contributed by atoms with van der Waals surface area (Å²) in [5.74, 6) is -2.26. The van der Waals surface area contributed by atoms with Gasteiger partial charge in [-0.3, -0.25) is 9.59 Å². The average Bonchev–Trinajstić information content (AvgIpc) is 3.38. The first-order valence-electron chi connectivity index (χ1n) is 39.4. The van der Waals surface area contributed by atoms with Gasteiger partial charge in [-0.15, -0.1) is 0 Å². The van der Waals surface area contributed by atoms with Gasteiger partial charge < -0.3 is 33.3 Å². The maximum atomic E-state index is 13.0. The summed E-state index contributed by atoms with van der Waals surface area (Å²) < 4.78 is 22.9. The molecule has 9 heteroatoms. The molecule has 0 heterocycles. The van der Waals surface area contributed by atoms with Gasteiger partial charge in [0, 0.05) is 12.8 Å². The van der Waals surface area contributed by atoms with E-state index < -0.39 is 24.3 Å². The van der Waals surface area contributed by atoms with E-state index in [0.29, 0.717) is 23.9 Å². The summed E-state index contributed by atoms with van der Waals surface area (Å²) in [6.07, 6.45) is 99.5. The molecule has 0 fully saturated rings. The number of allylic oxidation sites excluding steroid dienone is 16. The summed E-state index contributed by atoms with van der Waals surface area (Å²) in [7, 11) is 5.94. The van der Waals surface area contributed by atoms with E-state index in [9.17, 15) is 19.5 Å². The molecular formula is C84H149NO8. The summed E-state index contributed by atoms with van der Waals surface area (Å²) in [5.41, 5.74) is 0. The summed E-state index contributed by atoms with van der Waals surface area (Å²) in [6, 6.07) is 0. The Labute approximate surface area is 575 Å². The van der Waals surface area contributed by atoms with E-state index >= 15 is 0 Å². The first-order valence-corrected chi connectivity index (χ1v) is 39.4. The van der Waals surface area contributed by atoms with Crippen LogP contribution in [0.4, 0.5) is 0 Å². The molecule has 0 aromatic carbocycles. The Morgan fingerprint density at radius 3 is 0.914 bits per heavy atom. The number of quaternary nitrogens is 1. The number of hydrogen-bond donors (Lipinski definition) is 0. The van der Waals surface area contributed by atoms with E-state index in [4.69, 9.17) is 18.9 Å². The molecule has 538 valence electrons. The lowest BCUT2D eigenvalue weighted by Crippen LogP contribution is -2.44. The highest BCUT2D eigenvalue weighted by atomic mass is 16.7. The average molecular weight is 1300 g/mol. The van der Waals surface area contributed by atoms with E-state index in [1.807, 2.05) is 21.1 Å². The minimum Gasteiger partial charge on any atom is -0.545 e. The number of carbonyl (C=O) groups is 3. The van der Waals surface area contributed by atoms with Gasteiger partial charge in [0.15, 0.2) is 12.4 Å². The summed E-state index contributed by atoms with van der Waals surface area (Å²) >= 11 is 0. The van der Waals surface area contributed by atoms with Crippen LogP contribution in [-0.4, -0.2) is 82.3 Å². The van der Waals surface area contributed by atoms with Crippen molar-refractivity contribution in [2.75, 3.05) is 47.5 Å². The SMILES string of the molecule is CC/C=C\C/C=C\C/C=C\C/C=C\C/C=C\C/C=C\CCCCCCCCCCCCCCCCCCCCCCCCC(=O)OC(COC(=O)CCCCCCCCCCCCCCCCC/C=C\C/C=C\CCCCCCC)COC(OCC[N+](C)(C)C)C(=O)[O-]. The van der Waals surface area contributed by atoms with Crippen molar-refractivity contribution >= 4 is 17.9 Å². The maximum absolute atomic E-state index is 13.0. The number of esters is 2. The molecule has 0 aromatic heterocycles. The van der Waals surface area contributed by atoms with Crippen LogP contribution in [-0.2, 0) is 33.3 Å². The fourth-order valence-electron chi connectivity index (χ4n) is 11.3. The maximum Gasteiger partial charge on any atom is 0.306 e. The van der Waals surface area contributed by atoms with E-state index in [1.165, 1.54) is 250 Å². The van der Waals surface area contributed by atoms with Gasteiger partial charge in [-0.1, -0.05) is 349 Å². The van der Waals surface area contributed by atoms with Crippen LogP contribution in [0.5, 0.6) is 0 Å². The Kier molecular flexibility index (Phi) is 71.0. The third-order valence-electron chi connectivity index (χ3n) is 17.3. The standard InChI is InChI=1S/C84H149NO8/c1-6-8-10-12-14-16-18-20-22-24-26-28-30-32-34-35-36-37-38-39-40-41-42-43-44-45-46-47-49-51-53-55-57-59-61-63-65-67-69-71-73-75-82(87)93-80(79-92-84(83(88)89)90-77-76-85(3,4)5)78-91-81(86)74-72-70-68-66-64-62-60-58-56-54-52-50-48-33-31-29-27-25-23-21-19-17-15-13-11-9-7-2/h8,10,14,16,19-22,25-28,32,34,36-37,80,84H,6-7,9,11-13,15,17-18,23-24,29-31,33,35,38-79H2,1-5H3/b10-8-,16-14-,21-19-,22-20-,27-25-,28-26-,34-32-,37-36-. The lowest BCUT2D eigenvalue weighted by Gasteiger charge is -2.26. The number of carboxylic acids is 1. The van der Waals surface area contributed by atoms with Crippen molar-refractivity contribution in [1.29, 1.82) is 0 Å². The van der Waals surface area contributed by atoms with Crippen LogP contribution in [0, 0.1) is 0 Å². The molecule has 0 aliphatic carbocycles. The normalized spacial score (nSPS) is 13.2. The van der Waals surface area contributed by atoms with Crippen molar-refractivity contribution in [2.45, 2.75) is 373 Å². The highest BCUT2D eigenvalue weighted by Gasteiger charge is 2.22. The fraction of sp³-hybridized carbons (Fsp3) is 0.774. The van der Waals surface area contributed by atoms with Gasteiger partial charge in [-0.05, 0) is 96.3 Å². The molecule has 0 rings (SSSR count). The molecule has 0 aliphatic heterocycles. The van der Waals surface area contributed by atoms with Crippen LogP contribution in [0.2, 0.25) is 0 Å². The molecule has 0 saturated heterocycles. The molecule has 0 saturated carbocycles. The Balaban J connectivity index is 3.99. The molecule has 0 spiro atoms. The van der Waals surface area contributed by atoms with E-state index in [-0.39, 0.29) is 32.2 Å². The van der Waals surface area contributed by atoms with Crippen molar-refractivity contribution in [3.8, 4) is 0 Å². The van der Waals surface area contributed by atoms with Gasteiger partial charge in [0.05, 0.1) is 40.3 Å². The van der Waals surface area contributed by atoms with Crippen molar-refractivity contribution in [3.05, 3.63) is 97.2 Å². The number of hydrogen-bond acceptors (Lipinski definition) is 8. The van der Waals surface area contributed by atoms with Crippen LogP contribution in [0.15, 0.2) is 97.2 Å². The van der Waals surface area contributed by atoms with Gasteiger partial charge in [0.25, 0.3) is 0 Å². The minimum atomic E-state index is -1.62. The number of aliphatic carboxylic acids is 1. The third-order valence-corrected chi connectivity index (χ3v) is 17.3. The number of carboxylic acid groups (broad SMARTS) is 1. The second-order valence-electron chi connectivity index (χ2n) is 27.6. The highest BCUT2D eigenvalue weighted by Crippen LogP contribution is 2.19. The smallest absolute Gasteiger partial charge is 0.306 e. The molecule has 93 heavy (non-hydrogen) atoms. The van der Waals surface area contributed by atoms with E-state index in [1.54, 1.807) is 0 Å². The Hall–Kier alpha value is -3.79. The molecule has 9 nitrogen and oxygen atoms in total. The Morgan fingerprint density at radius 2 is 0.613 bits per heavy atom. The summed E-state index contributed by atoms with van der Waals surface area (Å²) in [5, 5.41) is 11.9. The number of unbranched alkanes of at least 4 members (excludes halogenated alkanes) is 42. The monoisotopic (exact) mass is 1300 g/mol. The van der Waals surface area contributed by atoms with Crippen molar-refractivity contribution < 1.29 is 42.9 Å². The van der Waals surface area contributed by atoms with Crippen LogP contribution in [0.1, 0.15) is 361 Å². The third kappa shape index (κ3) is 75.5. The molecule has 0 N–H and O–H groups in total. The highest BCUT2D eigenvalue weighted by molar-refractivity contribution is 5.70. The molecule has 2 atom stereocenters. The van der Waals surface area contributed by atoms with Gasteiger partial charge >= 0.3 is 11.9 Å². The lowest BCUT2D eigenvalue weighted by molar-refractivity contribution is -0.870. The number of ether oxygens (including phenoxy) is 4. The Morgan fingerprint density at radius 1 is 0.333 bits per heavy atom. The minimum absolute atomic E-state index is 0.148. The second kappa shape index (κ2) is 74.0. The van der Waals surface area contributed by atoms with Gasteiger partial charge in [0.1, 0.15) is 13.2 Å². The van der Waals surface area contributed by atoms with Crippen molar-refractivity contribution in [2.24, 2.45) is 0 Å². The first-order chi connectivity index (χ1) is 45.6. The molecule has 0 aliphatic rings. The molecule has 0 radical (unpaired) electrons. The van der Waals surface area contributed by atoms with Crippen LogP contribution < -0.4 is 5.11 Å².